The highest BCUT2D eigenvalue weighted by Gasteiger charge is 2.20. The Hall–Kier alpha value is -3.98. The smallest absolute Gasteiger partial charge is 0.265 e. The molecule has 0 aliphatic heterocycles. The van der Waals surface area contributed by atoms with E-state index < -0.39 is 16.1 Å². The molecule has 1 heterocycles. The summed E-state index contributed by atoms with van der Waals surface area (Å²) in [7, 11) is -3.87. The Kier molecular flexibility index (Phi) is 6.74. The van der Waals surface area contributed by atoms with Crippen LogP contribution in [0.3, 0.4) is 0 Å². The lowest BCUT2D eigenvalue weighted by atomic mass is 10.1. The lowest BCUT2D eigenvalue weighted by Crippen LogP contribution is -2.32. The monoisotopic (exact) mass is 476 g/mol. The molecular formula is C25H24N4O4S. The molecule has 1 atom stereocenters. The number of carbonyl (C=O) groups excluding carboxylic acids is 1. The van der Waals surface area contributed by atoms with E-state index in [1.807, 2.05) is 49.4 Å². The Morgan fingerprint density at radius 1 is 1.00 bits per heavy atom. The van der Waals surface area contributed by atoms with Gasteiger partial charge in [0.1, 0.15) is 5.75 Å². The van der Waals surface area contributed by atoms with Crippen LogP contribution in [0.5, 0.6) is 5.75 Å². The zero-order valence-electron chi connectivity index (χ0n) is 18.7. The van der Waals surface area contributed by atoms with Crippen molar-refractivity contribution in [1.29, 1.82) is 0 Å². The summed E-state index contributed by atoms with van der Waals surface area (Å²) >= 11 is 0. The fourth-order valence-electron chi connectivity index (χ4n) is 3.34. The molecule has 0 radical (unpaired) electrons. The second kappa shape index (κ2) is 9.88. The number of aromatic nitrogens is 2. The van der Waals surface area contributed by atoms with Gasteiger partial charge in [0.2, 0.25) is 5.95 Å². The number of benzene rings is 3. The molecule has 4 aromatic rings. The number of sulfonamides is 1. The zero-order chi connectivity index (χ0) is 24.1. The lowest BCUT2D eigenvalue weighted by molar-refractivity contribution is -0.122. The standard InChI is InChI=1S/C25H24N4O4S/c1-3-23(33-21-11-8-18-6-4-5-7-19(18)16-21)24(30)28-20-9-12-22(13-10-20)34(31,32)29-25-26-15-14-17(2)27-25/h4-16,23H,3H2,1-2H3,(H,28,30)(H,26,27,29)/t23-/m0/s1. The minimum Gasteiger partial charge on any atom is -0.481 e. The first-order valence-corrected chi connectivity index (χ1v) is 12.2. The van der Waals surface area contributed by atoms with Gasteiger partial charge in [-0.25, -0.2) is 23.1 Å². The second-order valence-electron chi connectivity index (χ2n) is 7.66. The van der Waals surface area contributed by atoms with E-state index in [1.165, 1.54) is 30.5 Å². The summed E-state index contributed by atoms with van der Waals surface area (Å²) in [5.41, 5.74) is 1.10. The largest absolute Gasteiger partial charge is 0.481 e. The minimum absolute atomic E-state index is 0.00555. The highest BCUT2D eigenvalue weighted by atomic mass is 32.2. The number of anilines is 2. The number of ether oxygens (including phenoxy) is 1. The van der Waals surface area contributed by atoms with Gasteiger partial charge in [-0.1, -0.05) is 37.3 Å². The van der Waals surface area contributed by atoms with Gasteiger partial charge in [-0.15, -0.1) is 0 Å². The third-order valence-corrected chi connectivity index (χ3v) is 6.46. The summed E-state index contributed by atoms with van der Waals surface area (Å²) in [6.07, 6.45) is 1.24. The van der Waals surface area contributed by atoms with Gasteiger partial charge < -0.3 is 10.1 Å². The summed E-state index contributed by atoms with van der Waals surface area (Å²) in [5.74, 6) is 0.276. The van der Waals surface area contributed by atoms with Crippen LogP contribution in [0.25, 0.3) is 10.8 Å². The van der Waals surface area contributed by atoms with Gasteiger partial charge in [0.25, 0.3) is 15.9 Å². The van der Waals surface area contributed by atoms with E-state index in [-0.39, 0.29) is 16.8 Å². The summed E-state index contributed by atoms with van der Waals surface area (Å²) in [6, 6.07) is 21.1. The highest BCUT2D eigenvalue weighted by Crippen LogP contribution is 2.23. The molecule has 34 heavy (non-hydrogen) atoms. The van der Waals surface area contributed by atoms with Gasteiger partial charge in [-0.05, 0) is 66.6 Å². The maximum Gasteiger partial charge on any atom is 0.265 e. The van der Waals surface area contributed by atoms with Crippen molar-refractivity contribution in [1.82, 2.24) is 9.97 Å². The Bertz CT molecular complexity index is 1420. The molecule has 9 heteroatoms. The molecule has 1 aromatic heterocycles. The topological polar surface area (TPSA) is 110 Å². The van der Waals surface area contributed by atoms with Crippen molar-refractivity contribution >= 4 is 38.3 Å². The van der Waals surface area contributed by atoms with Crippen LogP contribution in [0.15, 0.2) is 83.9 Å². The van der Waals surface area contributed by atoms with Gasteiger partial charge in [0, 0.05) is 17.6 Å². The van der Waals surface area contributed by atoms with Crippen molar-refractivity contribution in [3.63, 3.8) is 0 Å². The molecule has 0 saturated carbocycles. The molecular weight excluding hydrogens is 452 g/mol. The fourth-order valence-corrected chi connectivity index (χ4v) is 4.30. The zero-order valence-corrected chi connectivity index (χ0v) is 19.5. The number of carbonyl (C=O) groups is 1. The van der Waals surface area contributed by atoms with Gasteiger partial charge in [-0.2, -0.15) is 0 Å². The Balaban J connectivity index is 1.42. The lowest BCUT2D eigenvalue weighted by Gasteiger charge is -2.18. The minimum atomic E-state index is -3.87. The van der Waals surface area contributed by atoms with E-state index in [2.05, 4.69) is 20.0 Å². The number of hydrogen-bond donors (Lipinski definition) is 2. The van der Waals surface area contributed by atoms with Crippen molar-refractivity contribution in [3.8, 4) is 5.75 Å². The van der Waals surface area contributed by atoms with Gasteiger partial charge in [0.15, 0.2) is 6.10 Å². The first kappa shape index (κ1) is 23.2. The number of hydrogen-bond acceptors (Lipinski definition) is 6. The highest BCUT2D eigenvalue weighted by molar-refractivity contribution is 7.92. The molecule has 0 unspecified atom stereocenters. The first-order chi connectivity index (χ1) is 16.3. The van der Waals surface area contributed by atoms with Gasteiger partial charge >= 0.3 is 0 Å². The van der Waals surface area contributed by atoms with E-state index in [0.29, 0.717) is 23.6 Å². The molecule has 0 bridgehead atoms. The average Bonchev–Trinajstić information content (AvgIpc) is 2.82. The number of aryl methyl sites for hydroxylation is 1. The summed E-state index contributed by atoms with van der Waals surface area (Å²) in [5, 5.41) is 4.90. The summed E-state index contributed by atoms with van der Waals surface area (Å²) in [4.78, 5) is 20.8. The van der Waals surface area contributed by atoms with E-state index in [9.17, 15) is 13.2 Å². The van der Waals surface area contributed by atoms with Crippen molar-refractivity contribution < 1.29 is 17.9 Å². The molecule has 174 valence electrons. The van der Waals surface area contributed by atoms with Crippen LogP contribution in [0.2, 0.25) is 0 Å². The molecule has 8 nitrogen and oxygen atoms in total. The van der Waals surface area contributed by atoms with Gasteiger partial charge in [-0.3, -0.25) is 4.79 Å². The molecule has 0 fully saturated rings. The van der Waals surface area contributed by atoms with E-state index in [1.54, 1.807) is 13.0 Å². The fraction of sp³-hybridized carbons (Fsp3) is 0.160. The van der Waals surface area contributed by atoms with E-state index in [4.69, 9.17) is 4.74 Å². The number of nitrogens with zero attached hydrogens (tertiary/aromatic N) is 2. The second-order valence-corrected chi connectivity index (χ2v) is 9.35. The van der Waals surface area contributed by atoms with Crippen LogP contribution < -0.4 is 14.8 Å². The summed E-state index contributed by atoms with van der Waals surface area (Å²) in [6.45, 7) is 3.60. The average molecular weight is 477 g/mol. The van der Waals surface area contributed by atoms with Crippen LogP contribution >= 0.6 is 0 Å². The van der Waals surface area contributed by atoms with Crippen molar-refractivity contribution in [2.75, 3.05) is 10.0 Å². The molecule has 0 aliphatic rings. The van der Waals surface area contributed by atoms with Crippen molar-refractivity contribution in [3.05, 3.63) is 84.7 Å². The molecule has 1 amide bonds. The van der Waals surface area contributed by atoms with Crippen LogP contribution in [0.4, 0.5) is 11.6 Å². The Morgan fingerprint density at radius 2 is 1.74 bits per heavy atom. The Labute approximate surface area is 198 Å². The number of fused-ring (bicyclic) bond motifs is 1. The third-order valence-electron chi connectivity index (χ3n) is 5.12. The third kappa shape index (κ3) is 5.49. The number of rotatable bonds is 8. The van der Waals surface area contributed by atoms with Crippen molar-refractivity contribution in [2.24, 2.45) is 0 Å². The molecule has 2 N–H and O–H groups in total. The maximum absolute atomic E-state index is 12.8. The van der Waals surface area contributed by atoms with Gasteiger partial charge in [0.05, 0.1) is 4.90 Å². The first-order valence-electron chi connectivity index (χ1n) is 10.7. The van der Waals surface area contributed by atoms with Crippen LogP contribution in [-0.4, -0.2) is 30.4 Å². The molecule has 0 saturated heterocycles. The quantitative estimate of drug-likeness (QED) is 0.386. The van der Waals surface area contributed by atoms with E-state index in [0.717, 1.165) is 10.8 Å². The molecule has 4 rings (SSSR count). The predicted molar refractivity (Wildman–Crippen MR) is 131 cm³/mol. The van der Waals surface area contributed by atoms with Crippen molar-refractivity contribution in [2.45, 2.75) is 31.3 Å². The Morgan fingerprint density at radius 3 is 2.44 bits per heavy atom. The van der Waals surface area contributed by atoms with E-state index >= 15 is 0 Å². The summed E-state index contributed by atoms with van der Waals surface area (Å²) < 4.78 is 33.5. The molecule has 0 aliphatic carbocycles. The number of nitrogens with one attached hydrogen (secondary N) is 2. The normalized spacial score (nSPS) is 12.2. The SMILES string of the molecule is CC[C@H](Oc1ccc2ccccc2c1)C(=O)Nc1ccc(S(=O)(=O)Nc2nccc(C)n2)cc1. The maximum atomic E-state index is 12.8. The molecule has 3 aromatic carbocycles. The molecule has 0 spiro atoms. The van der Waals surface area contributed by atoms with Crippen LogP contribution in [0, 0.1) is 6.92 Å². The van der Waals surface area contributed by atoms with Crippen LogP contribution in [0.1, 0.15) is 19.0 Å². The predicted octanol–water partition coefficient (Wildman–Crippen LogP) is 4.54. The number of amides is 1. The van der Waals surface area contributed by atoms with Crippen LogP contribution in [-0.2, 0) is 14.8 Å².